The van der Waals surface area contributed by atoms with Crippen LogP contribution in [-0.2, 0) is 6.54 Å². The molecule has 0 saturated heterocycles. The van der Waals surface area contributed by atoms with E-state index in [1.807, 2.05) is 36.5 Å². The maximum atomic E-state index is 8.83. The molecule has 2 rings (SSSR count). The van der Waals surface area contributed by atoms with Crippen molar-refractivity contribution in [2.45, 2.75) is 13.0 Å². The van der Waals surface area contributed by atoms with Gasteiger partial charge in [0.2, 0.25) is 0 Å². The fourth-order valence-corrected chi connectivity index (χ4v) is 2.33. The number of nitriles is 1. The summed E-state index contributed by atoms with van der Waals surface area (Å²) >= 11 is 0. The number of para-hydroxylation sites is 1. The highest BCUT2D eigenvalue weighted by Gasteiger charge is 2.04. The Labute approximate surface area is 137 Å². The van der Waals surface area contributed by atoms with Gasteiger partial charge < -0.3 is 4.74 Å². The minimum atomic E-state index is 0.517. The van der Waals surface area contributed by atoms with Crippen molar-refractivity contribution in [3.8, 4) is 11.8 Å². The SMILES string of the molecule is COc1ccccc1C=CCN(CCC#N)Cc1cccnc1. The first-order valence-corrected chi connectivity index (χ1v) is 7.61. The topological polar surface area (TPSA) is 49.1 Å². The molecule has 0 amide bonds. The second-order valence-electron chi connectivity index (χ2n) is 5.15. The van der Waals surface area contributed by atoms with E-state index >= 15 is 0 Å². The van der Waals surface area contributed by atoms with E-state index in [0.717, 1.165) is 36.5 Å². The van der Waals surface area contributed by atoms with Crippen LogP contribution in [0.2, 0.25) is 0 Å². The van der Waals surface area contributed by atoms with Gasteiger partial charge in [-0.1, -0.05) is 36.4 Å². The molecule has 0 saturated carbocycles. The van der Waals surface area contributed by atoms with E-state index in [1.165, 1.54) is 0 Å². The number of ether oxygens (including phenoxy) is 1. The lowest BCUT2D eigenvalue weighted by Crippen LogP contribution is -2.24. The highest BCUT2D eigenvalue weighted by Crippen LogP contribution is 2.18. The van der Waals surface area contributed by atoms with Crippen molar-refractivity contribution in [2.24, 2.45) is 0 Å². The number of pyridine rings is 1. The average Bonchev–Trinajstić information content (AvgIpc) is 2.60. The third-order valence-electron chi connectivity index (χ3n) is 3.47. The molecule has 0 aliphatic heterocycles. The summed E-state index contributed by atoms with van der Waals surface area (Å²) in [7, 11) is 1.67. The quantitative estimate of drug-likeness (QED) is 0.748. The third kappa shape index (κ3) is 5.57. The molecule has 23 heavy (non-hydrogen) atoms. The molecule has 1 aromatic heterocycles. The molecule has 1 heterocycles. The van der Waals surface area contributed by atoms with Gasteiger partial charge in [-0.25, -0.2) is 0 Å². The number of aromatic nitrogens is 1. The molecule has 0 atom stereocenters. The summed E-state index contributed by atoms with van der Waals surface area (Å²) < 4.78 is 5.35. The Bertz CT molecular complexity index is 662. The van der Waals surface area contributed by atoms with Crippen molar-refractivity contribution in [2.75, 3.05) is 20.2 Å². The van der Waals surface area contributed by atoms with E-state index in [4.69, 9.17) is 10.00 Å². The zero-order chi connectivity index (χ0) is 16.3. The first kappa shape index (κ1) is 16.7. The maximum absolute atomic E-state index is 8.83. The van der Waals surface area contributed by atoms with Gasteiger partial charge in [-0.15, -0.1) is 0 Å². The Morgan fingerprint density at radius 1 is 1.26 bits per heavy atom. The van der Waals surface area contributed by atoms with E-state index in [2.05, 4.69) is 34.2 Å². The highest BCUT2D eigenvalue weighted by atomic mass is 16.5. The standard InChI is InChI=1S/C19H21N3O/c1-23-19-10-3-2-8-18(19)9-5-13-22(14-6-11-20)16-17-7-4-12-21-15-17/h2-5,7-10,12,15H,6,13-14,16H2,1H3. The fourth-order valence-electron chi connectivity index (χ4n) is 2.33. The molecule has 2 aromatic rings. The molecule has 0 unspecified atom stereocenters. The molecule has 0 fully saturated rings. The van der Waals surface area contributed by atoms with Gasteiger partial charge in [0.1, 0.15) is 5.75 Å². The molecule has 0 spiro atoms. The largest absolute Gasteiger partial charge is 0.496 e. The van der Waals surface area contributed by atoms with Crippen molar-refractivity contribution < 1.29 is 4.74 Å². The predicted molar refractivity (Wildman–Crippen MR) is 91.8 cm³/mol. The number of nitrogens with zero attached hydrogens (tertiary/aromatic N) is 3. The van der Waals surface area contributed by atoms with Crippen molar-refractivity contribution in [1.29, 1.82) is 5.26 Å². The van der Waals surface area contributed by atoms with Gasteiger partial charge in [0.25, 0.3) is 0 Å². The van der Waals surface area contributed by atoms with E-state index in [0.29, 0.717) is 6.42 Å². The van der Waals surface area contributed by atoms with Crippen LogP contribution in [0, 0.1) is 11.3 Å². The van der Waals surface area contributed by atoms with Crippen LogP contribution in [0.25, 0.3) is 6.08 Å². The molecule has 1 aromatic carbocycles. The number of methoxy groups -OCH3 is 1. The first-order valence-electron chi connectivity index (χ1n) is 7.61. The molecular weight excluding hydrogens is 286 g/mol. The summed E-state index contributed by atoms with van der Waals surface area (Å²) in [6.45, 7) is 2.29. The van der Waals surface area contributed by atoms with Gasteiger partial charge >= 0.3 is 0 Å². The number of rotatable bonds is 8. The molecular formula is C19H21N3O. The average molecular weight is 307 g/mol. The van der Waals surface area contributed by atoms with Crippen molar-refractivity contribution in [1.82, 2.24) is 9.88 Å². The summed E-state index contributed by atoms with van der Waals surface area (Å²) in [4.78, 5) is 6.37. The van der Waals surface area contributed by atoms with Crippen LogP contribution in [0.3, 0.4) is 0 Å². The first-order chi connectivity index (χ1) is 11.3. The van der Waals surface area contributed by atoms with Gasteiger partial charge in [0, 0.05) is 44.0 Å². The molecule has 0 radical (unpaired) electrons. The molecule has 0 N–H and O–H groups in total. The van der Waals surface area contributed by atoms with Crippen LogP contribution in [0.4, 0.5) is 0 Å². The normalized spacial score (nSPS) is 10.8. The van der Waals surface area contributed by atoms with E-state index < -0.39 is 0 Å². The van der Waals surface area contributed by atoms with Crippen LogP contribution in [-0.4, -0.2) is 30.1 Å². The molecule has 0 aliphatic rings. The van der Waals surface area contributed by atoms with Crippen LogP contribution < -0.4 is 4.74 Å². The molecule has 4 nitrogen and oxygen atoms in total. The van der Waals surface area contributed by atoms with Crippen LogP contribution in [0.1, 0.15) is 17.5 Å². The molecule has 4 heteroatoms. The van der Waals surface area contributed by atoms with Gasteiger partial charge in [-0.05, 0) is 17.7 Å². The number of hydrogen-bond acceptors (Lipinski definition) is 4. The van der Waals surface area contributed by atoms with Gasteiger partial charge in [0.05, 0.1) is 13.2 Å². The zero-order valence-electron chi connectivity index (χ0n) is 13.4. The van der Waals surface area contributed by atoms with Crippen molar-refractivity contribution >= 4 is 6.08 Å². The maximum Gasteiger partial charge on any atom is 0.126 e. The Morgan fingerprint density at radius 2 is 2.13 bits per heavy atom. The van der Waals surface area contributed by atoms with Gasteiger partial charge in [-0.3, -0.25) is 9.88 Å². The summed E-state index contributed by atoms with van der Waals surface area (Å²) in [5.41, 5.74) is 2.20. The van der Waals surface area contributed by atoms with Crippen molar-refractivity contribution in [3.63, 3.8) is 0 Å². The monoisotopic (exact) mass is 307 g/mol. The molecule has 0 aliphatic carbocycles. The molecule has 0 bridgehead atoms. The summed E-state index contributed by atoms with van der Waals surface area (Å²) in [5, 5.41) is 8.83. The van der Waals surface area contributed by atoms with E-state index in [9.17, 15) is 0 Å². The fraction of sp³-hybridized carbons (Fsp3) is 0.263. The number of hydrogen-bond donors (Lipinski definition) is 0. The Morgan fingerprint density at radius 3 is 2.87 bits per heavy atom. The zero-order valence-corrected chi connectivity index (χ0v) is 13.4. The predicted octanol–water partition coefficient (Wildman–Crippen LogP) is 3.52. The summed E-state index contributed by atoms with van der Waals surface area (Å²) in [6, 6.07) is 14.1. The van der Waals surface area contributed by atoms with Crippen molar-refractivity contribution in [3.05, 3.63) is 66.0 Å². The van der Waals surface area contributed by atoms with Crippen LogP contribution in [0.5, 0.6) is 5.75 Å². The summed E-state index contributed by atoms with van der Waals surface area (Å²) in [5.74, 6) is 0.861. The van der Waals surface area contributed by atoms with E-state index in [1.54, 1.807) is 13.3 Å². The summed E-state index contributed by atoms with van der Waals surface area (Å²) in [6.07, 6.45) is 8.31. The second kappa shape index (κ2) is 9.39. The Hall–Kier alpha value is -2.64. The van der Waals surface area contributed by atoms with Gasteiger partial charge in [-0.2, -0.15) is 5.26 Å². The molecule has 118 valence electrons. The van der Waals surface area contributed by atoms with Gasteiger partial charge in [0.15, 0.2) is 0 Å². The Kier molecular flexibility index (Phi) is 6.83. The van der Waals surface area contributed by atoms with E-state index in [-0.39, 0.29) is 0 Å². The van der Waals surface area contributed by atoms with Crippen LogP contribution >= 0.6 is 0 Å². The third-order valence-corrected chi connectivity index (χ3v) is 3.47. The van der Waals surface area contributed by atoms with Crippen LogP contribution in [0.15, 0.2) is 54.9 Å². The highest BCUT2D eigenvalue weighted by molar-refractivity contribution is 5.57. The second-order valence-corrected chi connectivity index (χ2v) is 5.15. The lowest BCUT2D eigenvalue weighted by atomic mass is 10.2. The lowest BCUT2D eigenvalue weighted by Gasteiger charge is -2.19. The Balaban J connectivity index is 2.00. The minimum absolute atomic E-state index is 0.517. The smallest absolute Gasteiger partial charge is 0.126 e. The number of benzene rings is 1. The lowest BCUT2D eigenvalue weighted by molar-refractivity contribution is 0.301. The minimum Gasteiger partial charge on any atom is -0.496 e.